The number of carbonyl (C=O) groups is 2. The van der Waals surface area contributed by atoms with E-state index in [0.717, 1.165) is 17.7 Å². The highest BCUT2D eigenvalue weighted by Crippen LogP contribution is 2.34. The van der Waals surface area contributed by atoms with Crippen LogP contribution >= 0.6 is 0 Å². The first-order valence-corrected chi connectivity index (χ1v) is 6.87. The van der Waals surface area contributed by atoms with Gasteiger partial charge in [-0.2, -0.15) is 0 Å². The molecular weight excluding hydrogens is 258 g/mol. The van der Waals surface area contributed by atoms with Gasteiger partial charge in [0.1, 0.15) is 6.10 Å². The Hall–Kier alpha value is -1.88. The van der Waals surface area contributed by atoms with Crippen LogP contribution in [0, 0.1) is 0 Å². The van der Waals surface area contributed by atoms with Gasteiger partial charge in [-0.15, -0.1) is 0 Å². The first-order chi connectivity index (χ1) is 9.58. The molecule has 106 valence electrons. The number of carboxylic acids is 1. The molecule has 1 aromatic carbocycles. The highest BCUT2D eigenvalue weighted by molar-refractivity contribution is 5.99. The maximum absolute atomic E-state index is 12.6. The molecule has 1 aromatic rings. The molecule has 0 aliphatic carbocycles. The molecule has 20 heavy (non-hydrogen) atoms. The summed E-state index contributed by atoms with van der Waals surface area (Å²) in [5.74, 6) is -1.11. The number of fused-ring (bicyclic) bond motifs is 1. The minimum Gasteiger partial charge on any atom is -0.479 e. The lowest BCUT2D eigenvalue weighted by Crippen LogP contribution is -2.43. The van der Waals surface area contributed by atoms with Gasteiger partial charge in [0, 0.05) is 11.7 Å². The third-order valence-electron chi connectivity index (χ3n) is 4.02. The highest BCUT2D eigenvalue weighted by Gasteiger charge is 2.40. The second kappa shape index (κ2) is 4.90. The maximum Gasteiger partial charge on any atom is 0.332 e. The molecule has 1 unspecified atom stereocenters. The molecule has 2 aliphatic rings. The van der Waals surface area contributed by atoms with Crippen molar-refractivity contribution >= 4 is 17.6 Å². The third-order valence-corrected chi connectivity index (χ3v) is 4.02. The van der Waals surface area contributed by atoms with Crippen molar-refractivity contribution in [3.63, 3.8) is 0 Å². The topological polar surface area (TPSA) is 66.8 Å². The van der Waals surface area contributed by atoms with Gasteiger partial charge >= 0.3 is 5.97 Å². The Balaban J connectivity index is 1.80. The van der Waals surface area contributed by atoms with Gasteiger partial charge in [-0.3, -0.25) is 4.79 Å². The van der Waals surface area contributed by atoms with Crippen LogP contribution in [0.3, 0.4) is 0 Å². The van der Waals surface area contributed by atoms with Crippen LogP contribution in [0.4, 0.5) is 5.69 Å². The zero-order valence-electron chi connectivity index (χ0n) is 11.3. The Kier molecular flexibility index (Phi) is 3.22. The van der Waals surface area contributed by atoms with Crippen molar-refractivity contribution in [2.75, 3.05) is 4.90 Å². The minimum atomic E-state index is -0.991. The molecular formula is C15H17NO4. The molecule has 1 saturated heterocycles. The third kappa shape index (κ3) is 2.08. The van der Waals surface area contributed by atoms with E-state index in [9.17, 15) is 9.59 Å². The largest absolute Gasteiger partial charge is 0.479 e. The molecule has 1 N–H and O–H groups in total. The molecule has 0 bridgehead atoms. The Morgan fingerprint density at radius 1 is 1.25 bits per heavy atom. The summed E-state index contributed by atoms with van der Waals surface area (Å²) < 4.78 is 5.37. The van der Waals surface area contributed by atoms with E-state index >= 15 is 0 Å². The van der Waals surface area contributed by atoms with Crippen molar-refractivity contribution in [3.05, 3.63) is 29.8 Å². The molecule has 0 saturated carbocycles. The lowest BCUT2D eigenvalue weighted by molar-refractivity contribution is -0.151. The Morgan fingerprint density at radius 3 is 2.65 bits per heavy atom. The number of hydrogen-bond donors (Lipinski definition) is 1. The van der Waals surface area contributed by atoms with E-state index in [0.29, 0.717) is 12.8 Å². The molecule has 0 spiro atoms. The van der Waals surface area contributed by atoms with Gasteiger partial charge in [-0.1, -0.05) is 18.2 Å². The van der Waals surface area contributed by atoms with Gasteiger partial charge in [0.05, 0.1) is 0 Å². The standard InChI is InChI=1S/C15H17NO4/c1-9-8-10-4-2-3-5-11(10)16(9)14(17)12-6-7-13(20-12)15(18)19/h2-5,9,12-13H,6-8H2,1H3,(H,18,19)/t9?,12-,13+/m0/s1. The minimum absolute atomic E-state index is 0.0902. The highest BCUT2D eigenvalue weighted by atomic mass is 16.5. The summed E-state index contributed by atoms with van der Waals surface area (Å²) in [6.07, 6.45) is 0.218. The first kappa shape index (κ1) is 13.1. The van der Waals surface area contributed by atoms with Crippen molar-refractivity contribution in [2.45, 2.75) is 44.4 Å². The fourth-order valence-corrected chi connectivity index (χ4v) is 3.06. The predicted molar refractivity (Wildman–Crippen MR) is 72.6 cm³/mol. The van der Waals surface area contributed by atoms with Crippen molar-refractivity contribution in [2.24, 2.45) is 0 Å². The normalized spacial score (nSPS) is 28.4. The zero-order valence-corrected chi connectivity index (χ0v) is 11.3. The number of hydrogen-bond acceptors (Lipinski definition) is 3. The van der Waals surface area contributed by atoms with E-state index in [1.807, 2.05) is 31.2 Å². The molecule has 0 radical (unpaired) electrons. The molecule has 3 atom stereocenters. The van der Waals surface area contributed by atoms with Crippen LogP contribution in [-0.4, -0.2) is 35.2 Å². The number of carboxylic acid groups (broad SMARTS) is 1. The van der Waals surface area contributed by atoms with Crippen LogP contribution in [0.2, 0.25) is 0 Å². The number of ether oxygens (including phenoxy) is 1. The number of rotatable bonds is 2. The summed E-state index contributed by atoms with van der Waals surface area (Å²) in [5.41, 5.74) is 2.08. The van der Waals surface area contributed by atoms with E-state index in [1.165, 1.54) is 0 Å². The summed E-state index contributed by atoms with van der Waals surface area (Å²) >= 11 is 0. The average molecular weight is 275 g/mol. The van der Waals surface area contributed by atoms with Crippen molar-refractivity contribution in [3.8, 4) is 0 Å². The molecule has 5 nitrogen and oxygen atoms in total. The first-order valence-electron chi connectivity index (χ1n) is 6.87. The number of benzene rings is 1. The smallest absolute Gasteiger partial charge is 0.332 e. The molecule has 3 rings (SSSR count). The zero-order chi connectivity index (χ0) is 14.3. The van der Waals surface area contributed by atoms with E-state index in [-0.39, 0.29) is 11.9 Å². The van der Waals surface area contributed by atoms with Gasteiger partial charge in [-0.05, 0) is 37.8 Å². The Bertz CT molecular complexity index is 557. The van der Waals surface area contributed by atoms with Crippen LogP contribution in [-0.2, 0) is 20.7 Å². The van der Waals surface area contributed by atoms with Gasteiger partial charge in [0.25, 0.3) is 5.91 Å². The number of para-hydroxylation sites is 1. The van der Waals surface area contributed by atoms with E-state index in [1.54, 1.807) is 4.90 Å². The SMILES string of the molecule is CC1Cc2ccccc2N1C(=O)[C@@H]1CC[C@H](C(=O)O)O1. The molecule has 2 heterocycles. The number of nitrogens with zero attached hydrogens (tertiary/aromatic N) is 1. The maximum atomic E-state index is 12.6. The fourth-order valence-electron chi connectivity index (χ4n) is 3.06. The second-order valence-corrected chi connectivity index (χ2v) is 5.42. The summed E-state index contributed by atoms with van der Waals surface area (Å²) in [4.78, 5) is 25.3. The van der Waals surface area contributed by atoms with Crippen molar-refractivity contribution < 1.29 is 19.4 Å². The molecule has 2 aliphatic heterocycles. The summed E-state index contributed by atoms with van der Waals surface area (Å²) in [6.45, 7) is 2.00. The van der Waals surface area contributed by atoms with Crippen LogP contribution in [0.15, 0.2) is 24.3 Å². The lowest BCUT2D eigenvalue weighted by atomic mass is 10.1. The van der Waals surface area contributed by atoms with Gasteiger partial charge in [0.15, 0.2) is 6.10 Å². The van der Waals surface area contributed by atoms with Gasteiger partial charge in [0.2, 0.25) is 0 Å². The molecule has 1 amide bonds. The van der Waals surface area contributed by atoms with Gasteiger partial charge in [-0.25, -0.2) is 4.79 Å². The quantitative estimate of drug-likeness (QED) is 0.890. The number of anilines is 1. The van der Waals surface area contributed by atoms with E-state index in [2.05, 4.69) is 0 Å². The summed E-state index contributed by atoms with van der Waals surface area (Å²) in [6, 6.07) is 7.92. The molecule has 5 heteroatoms. The van der Waals surface area contributed by atoms with Crippen molar-refractivity contribution in [1.82, 2.24) is 0 Å². The molecule has 0 aromatic heterocycles. The number of carbonyl (C=O) groups excluding carboxylic acids is 1. The predicted octanol–water partition coefficient (Wildman–Crippen LogP) is 1.60. The number of aliphatic carboxylic acids is 1. The Labute approximate surface area is 117 Å². The Morgan fingerprint density at radius 2 is 1.95 bits per heavy atom. The summed E-state index contributed by atoms with van der Waals surface area (Å²) in [7, 11) is 0. The van der Waals surface area contributed by atoms with Crippen LogP contribution in [0.25, 0.3) is 0 Å². The van der Waals surface area contributed by atoms with Crippen molar-refractivity contribution in [1.29, 1.82) is 0 Å². The second-order valence-electron chi connectivity index (χ2n) is 5.42. The van der Waals surface area contributed by atoms with E-state index < -0.39 is 18.2 Å². The van der Waals surface area contributed by atoms with E-state index in [4.69, 9.17) is 9.84 Å². The average Bonchev–Trinajstić information content (AvgIpc) is 3.01. The number of amides is 1. The monoisotopic (exact) mass is 275 g/mol. The summed E-state index contributed by atoms with van der Waals surface area (Å²) in [5, 5.41) is 8.94. The molecule has 1 fully saturated rings. The van der Waals surface area contributed by atoms with Crippen LogP contribution in [0.1, 0.15) is 25.3 Å². The fraction of sp³-hybridized carbons (Fsp3) is 0.467. The van der Waals surface area contributed by atoms with Gasteiger partial charge < -0.3 is 14.7 Å². The lowest BCUT2D eigenvalue weighted by Gasteiger charge is -2.25. The van der Waals surface area contributed by atoms with Crippen LogP contribution in [0.5, 0.6) is 0 Å². The van der Waals surface area contributed by atoms with Crippen LogP contribution < -0.4 is 4.90 Å².